The van der Waals surface area contributed by atoms with E-state index in [4.69, 9.17) is 10.00 Å². The average molecular weight is 380 g/mol. The molecule has 0 aromatic heterocycles. The number of piperazine rings is 1. The van der Waals surface area contributed by atoms with Crippen LogP contribution in [0.2, 0.25) is 0 Å². The van der Waals surface area contributed by atoms with Gasteiger partial charge in [-0.25, -0.2) is 8.42 Å². The number of carbonyl (C=O) groups is 1. The van der Waals surface area contributed by atoms with Gasteiger partial charge in [-0.05, 0) is 32.0 Å². The molecule has 1 aromatic carbocycles. The van der Waals surface area contributed by atoms with Gasteiger partial charge in [0.25, 0.3) is 0 Å². The van der Waals surface area contributed by atoms with Crippen LogP contribution in [0.4, 0.5) is 5.69 Å². The van der Waals surface area contributed by atoms with Gasteiger partial charge in [0, 0.05) is 26.2 Å². The summed E-state index contributed by atoms with van der Waals surface area (Å²) in [6.45, 7) is 5.17. The Morgan fingerprint density at radius 1 is 1.31 bits per heavy atom. The highest BCUT2D eigenvalue weighted by atomic mass is 32.2. The third kappa shape index (κ3) is 5.34. The number of rotatable bonds is 6. The Labute approximate surface area is 154 Å². The summed E-state index contributed by atoms with van der Waals surface area (Å²) < 4.78 is 30.1. The maximum absolute atomic E-state index is 12.4. The number of hydrogen-bond donors (Lipinski definition) is 1. The highest BCUT2D eigenvalue weighted by Gasteiger charge is 2.25. The Morgan fingerprint density at radius 3 is 2.50 bits per heavy atom. The number of anilines is 1. The lowest BCUT2D eigenvalue weighted by atomic mass is 10.2. The van der Waals surface area contributed by atoms with Crippen LogP contribution < -0.4 is 10.1 Å². The van der Waals surface area contributed by atoms with E-state index < -0.39 is 10.0 Å². The minimum atomic E-state index is -3.22. The number of nitrogens with zero attached hydrogens (tertiary/aromatic N) is 3. The third-order valence-electron chi connectivity index (χ3n) is 3.96. The van der Waals surface area contributed by atoms with Crippen LogP contribution in [-0.2, 0) is 14.8 Å². The summed E-state index contributed by atoms with van der Waals surface area (Å²) >= 11 is 0. The van der Waals surface area contributed by atoms with Gasteiger partial charge in [-0.2, -0.15) is 9.57 Å². The predicted octanol–water partition coefficient (Wildman–Crippen LogP) is 0.861. The van der Waals surface area contributed by atoms with E-state index in [1.54, 1.807) is 23.1 Å². The van der Waals surface area contributed by atoms with Gasteiger partial charge in [-0.1, -0.05) is 0 Å². The first kappa shape index (κ1) is 20.0. The summed E-state index contributed by atoms with van der Waals surface area (Å²) in [5.74, 6) is 0.449. The Morgan fingerprint density at radius 2 is 1.96 bits per heavy atom. The molecule has 1 fully saturated rings. The van der Waals surface area contributed by atoms with Crippen LogP contribution in [0.1, 0.15) is 19.4 Å². The minimum Gasteiger partial charge on any atom is -0.489 e. The van der Waals surface area contributed by atoms with Crippen LogP contribution in [-0.4, -0.2) is 68.6 Å². The minimum absolute atomic E-state index is 0.0387. The Kier molecular flexibility index (Phi) is 6.45. The largest absolute Gasteiger partial charge is 0.489 e. The summed E-state index contributed by atoms with van der Waals surface area (Å²) in [7, 11) is -3.22. The lowest BCUT2D eigenvalue weighted by Gasteiger charge is -2.33. The Hall–Kier alpha value is -2.31. The molecule has 0 atom stereocenters. The molecule has 1 saturated heterocycles. The second-order valence-corrected chi connectivity index (χ2v) is 8.37. The zero-order valence-electron chi connectivity index (χ0n) is 15.2. The third-order valence-corrected chi connectivity index (χ3v) is 5.26. The van der Waals surface area contributed by atoms with Crippen molar-refractivity contribution in [3.8, 4) is 11.8 Å². The van der Waals surface area contributed by atoms with Crippen LogP contribution in [0.15, 0.2) is 18.2 Å². The number of ether oxygens (including phenoxy) is 1. The molecule has 26 heavy (non-hydrogen) atoms. The van der Waals surface area contributed by atoms with Gasteiger partial charge >= 0.3 is 0 Å². The van der Waals surface area contributed by atoms with Crippen molar-refractivity contribution in [3.63, 3.8) is 0 Å². The van der Waals surface area contributed by atoms with Crippen molar-refractivity contribution < 1.29 is 17.9 Å². The molecule has 1 aliphatic rings. The van der Waals surface area contributed by atoms with E-state index in [0.29, 0.717) is 43.2 Å². The average Bonchev–Trinajstić information content (AvgIpc) is 2.59. The van der Waals surface area contributed by atoms with Crippen molar-refractivity contribution in [2.24, 2.45) is 0 Å². The lowest BCUT2D eigenvalue weighted by Crippen LogP contribution is -2.51. The molecule has 1 aliphatic heterocycles. The smallest absolute Gasteiger partial charge is 0.241 e. The summed E-state index contributed by atoms with van der Waals surface area (Å²) in [4.78, 5) is 14.0. The van der Waals surface area contributed by atoms with Crippen molar-refractivity contribution in [1.29, 1.82) is 5.26 Å². The molecule has 9 heteroatoms. The van der Waals surface area contributed by atoms with Gasteiger partial charge in [0.1, 0.15) is 5.75 Å². The zero-order valence-corrected chi connectivity index (χ0v) is 16.0. The Bertz CT molecular complexity index is 793. The van der Waals surface area contributed by atoms with E-state index in [1.165, 1.54) is 10.6 Å². The van der Waals surface area contributed by atoms with Crippen LogP contribution in [0.5, 0.6) is 5.75 Å². The highest BCUT2D eigenvalue weighted by Crippen LogP contribution is 2.26. The van der Waals surface area contributed by atoms with E-state index in [9.17, 15) is 13.2 Å². The van der Waals surface area contributed by atoms with Gasteiger partial charge in [-0.15, -0.1) is 0 Å². The fourth-order valence-corrected chi connectivity index (χ4v) is 3.47. The topological polar surface area (TPSA) is 103 Å². The zero-order chi connectivity index (χ0) is 19.3. The fraction of sp³-hybridized carbons (Fsp3) is 0.529. The molecule has 142 valence electrons. The van der Waals surface area contributed by atoms with E-state index >= 15 is 0 Å². The first-order valence-corrected chi connectivity index (χ1v) is 10.2. The predicted molar refractivity (Wildman–Crippen MR) is 98.4 cm³/mol. The fourth-order valence-electron chi connectivity index (χ4n) is 2.65. The summed E-state index contributed by atoms with van der Waals surface area (Å²) in [5.41, 5.74) is 1.05. The molecule has 1 aromatic rings. The molecule has 0 radical (unpaired) electrons. The van der Waals surface area contributed by atoms with E-state index in [-0.39, 0.29) is 18.6 Å². The summed E-state index contributed by atoms with van der Waals surface area (Å²) in [6, 6.07) is 7.08. The van der Waals surface area contributed by atoms with Gasteiger partial charge in [0.05, 0.1) is 36.2 Å². The SMILES string of the molecule is CC(C)Oc1ccc(C#N)cc1NCC(=O)N1CCN(S(C)(=O)=O)CC1. The van der Waals surface area contributed by atoms with Crippen molar-refractivity contribution >= 4 is 21.6 Å². The molecule has 0 aliphatic carbocycles. The maximum atomic E-state index is 12.4. The van der Waals surface area contributed by atoms with Crippen LogP contribution in [0, 0.1) is 11.3 Å². The molecule has 2 rings (SSSR count). The van der Waals surface area contributed by atoms with E-state index in [1.807, 2.05) is 13.8 Å². The number of benzene rings is 1. The quantitative estimate of drug-likeness (QED) is 0.785. The van der Waals surface area contributed by atoms with E-state index in [0.717, 1.165) is 0 Å². The second kappa shape index (κ2) is 8.38. The molecule has 0 spiro atoms. The lowest BCUT2D eigenvalue weighted by molar-refractivity contribution is -0.130. The van der Waals surface area contributed by atoms with Gasteiger partial charge in [0.2, 0.25) is 15.9 Å². The highest BCUT2D eigenvalue weighted by molar-refractivity contribution is 7.88. The van der Waals surface area contributed by atoms with Gasteiger partial charge in [-0.3, -0.25) is 4.79 Å². The number of carbonyl (C=O) groups excluding carboxylic acids is 1. The molecule has 8 nitrogen and oxygen atoms in total. The van der Waals surface area contributed by atoms with Crippen LogP contribution in [0.25, 0.3) is 0 Å². The molecule has 0 unspecified atom stereocenters. The molecular formula is C17H24N4O4S. The molecule has 1 N–H and O–H groups in total. The van der Waals surface area contributed by atoms with Crippen molar-refractivity contribution in [2.45, 2.75) is 20.0 Å². The van der Waals surface area contributed by atoms with Gasteiger partial charge in [0.15, 0.2) is 0 Å². The molecular weight excluding hydrogens is 356 g/mol. The van der Waals surface area contributed by atoms with Crippen molar-refractivity contribution in [3.05, 3.63) is 23.8 Å². The molecule has 0 bridgehead atoms. The Balaban J connectivity index is 1.98. The number of nitrogens with one attached hydrogen (secondary N) is 1. The normalized spacial score (nSPS) is 15.6. The number of nitriles is 1. The van der Waals surface area contributed by atoms with Crippen molar-refractivity contribution in [1.82, 2.24) is 9.21 Å². The number of amides is 1. The van der Waals surface area contributed by atoms with Crippen molar-refractivity contribution in [2.75, 3.05) is 44.3 Å². The first-order valence-electron chi connectivity index (χ1n) is 8.38. The second-order valence-electron chi connectivity index (χ2n) is 6.39. The monoisotopic (exact) mass is 380 g/mol. The molecule has 1 heterocycles. The first-order chi connectivity index (χ1) is 12.2. The molecule has 0 saturated carbocycles. The van der Waals surface area contributed by atoms with Crippen LogP contribution in [0.3, 0.4) is 0 Å². The standard InChI is InChI=1S/C17H24N4O4S/c1-13(2)25-16-5-4-14(11-18)10-15(16)19-12-17(22)20-6-8-21(9-7-20)26(3,23)24/h4-5,10,13,19H,6-9,12H2,1-3H3. The number of sulfonamides is 1. The van der Waals surface area contributed by atoms with Crippen LogP contribution >= 0.6 is 0 Å². The van der Waals surface area contributed by atoms with E-state index in [2.05, 4.69) is 11.4 Å². The van der Waals surface area contributed by atoms with Gasteiger partial charge < -0.3 is 15.0 Å². The summed E-state index contributed by atoms with van der Waals surface area (Å²) in [6.07, 6.45) is 1.13. The summed E-state index contributed by atoms with van der Waals surface area (Å²) in [5, 5.41) is 12.1. The number of hydrogen-bond acceptors (Lipinski definition) is 6. The maximum Gasteiger partial charge on any atom is 0.241 e. The molecule has 1 amide bonds.